The molecule has 0 radical (unpaired) electrons. The largest absolute Gasteiger partial charge is 0.496 e. The molecule has 8 heteroatoms. The highest BCUT2D eigenvalue weighted by molar-refractivity contribution is 5.82. The average Bonchev–Trinajstić information content (AvgIpc) is 3.35. The molecule has 0 aliphatic rings. The average molecular weight is 367 g/mol. The summed E-state index contributed by atoms with van der Waals surface area (Å²) < 4.78 is 35.9. The van der Waals surface area contributed by atoms with E-state index in [1.807, 2.05) is 30.3 Å². The molecule has 136 valence electrons. The van der Waals surface area contributed by atoms with Crippen LogP contribution >= 0.6 is 0 Å². The second-order valence-electron chi connectivity index (χ2n) is 5.81. The van der Waals surface area contributed by atoms with Crippen molar-refractivity contribution in [3.63, 3.8) is 0 Å². The molecule has 2 aromatic carbocycles. The zero-order valence-corrected chi connectivity index (χ0v) is 14.4. The van der Waals surface area contributed by atoms with Gasteiger partial charge < -0.3 is 9.30 Å². The fourth-order valence-electron chi connectivity index (χ4n) is 2.96. The maximum Gasteiger partial charge on any atom is 0.171 e. The lowest BCUT2D eigenvalue weighted by atomic mass is 10.0. The van der Waals surface area contributed by atoms with E-state index in [1.165, 1.54) is 19.5 Å². The number of methoxy groups -OCH3 is 1. The molecule has 2 aromatic heterocycles. The Labute approximate surface area is 153 Å². The van der Waals surface area contributed by atoms with E-state index in [9.17, 15) is 8.78 Å². The lowest BCUT2D eigenvalue weighted by molar-refractivity contribution is 0.408. The molecule has 0 saturated carbocycles. The van der Waals surface area contributed by atoms with Crippen LogP contribution in [0.2, 0.25) is 0 Å². The van der Waals surface area contributed by atoms with Gasteiger partial charge in [-0.15, -0.1) is 0 Å². The molecule has 1 N–H and O–H groups in total. The van der Waals surface area contributed by atoms with Gasteiger partial charge >= 0.3 is 0 Å². The summed E-state index contributed by atoms with van der Waals surface area (Å²) in [5, 5.41) is 6.58. The standard InChI is InChI=1S/C19H15F2N5O/c1-27-14-8-7-13(20)17(21)16(14)19-18(12-5-3-2-4-6-12)23-11-26(19)9-15-22-10-24-25-15/h2-8,10-11H,9H2,1H3,(H,22,24,25). The fraction of sp³-hybridized carbons (Fsp3) is 0.105. The van der Waals surface area contributed by atoms with Crippen LogP contribution in [0.4, 0.5) is 8.78 Å². The van der Waals surface area contributed by atoms with Crippen molar-refractivity contribution in [1.82, 2.24) is 24.7 Å². The number of imidazole rings is 1. The third-order valence-corrected chi connectivity index (χ3v) is 4.18. The summed E-state index contributed by atoms with van der Waals surface area (Å²) in [5.41, 5.74) is 1.69. The monoisotopic (exact) mass is 367 g/mol. The van der Waals surface area contributed by atoms with E-state index in [2.05, 4.69) is 20.2 Å². The van der Waals surface area contributed by atoms with Gasteiger partial charge in [-0.3, -0.25) is 5.10 Å². The molecule has 0 unspecified atom stereocenters. The number of aromatic nitrogens is 5. The third-order valence-electron chi connectivity index (χ3n) is 4.18. The van der Waals surface area contributed by atoms with Gasteiger partial charge in [-0.1, -0.05) is 30.3 Å². The number of nitrogens with zero attached hydrogens (tertiary/aromatic N) is 4. The summed E-state index contributed by atoms with van der Waals surface area (Å²) in [4.78, 5) is 8.54. The number of benzene rings is 2. The van der Waals surface area contributed by atoms with E-state index in [1.54, 1.807) is 10.9 Å². The Morgan fingerprint density at radius 3 is 2.59 bits per heavy atom. The number of ether oxygens (including phenoxy) is 1. The van der Waals surface area contributed by atoms with E-state index in [4.69, 9.17) is 4.74 Å². The molecule has 0 spiro atoms. The van der Waals surface area contributed by atoms with Crippen molar-refractivity contribution < 1.29 is 13.5 Å². The Balaban J connectivity index is 1.97. The van der Waals surface area contributed by atoms with Crippen molar-refractivity contribution in [2.45, 2.75) is 6.54 Å². The lowest BCUT2D eigenvalue weighted by Crippen LogP contribution is -2.05. The minimum atomic E-state index is -0.995. The highest BCUT2D eigenvalue weighted by atomic mass is 19.2. The maximum absolute atomic E-state index is 14.8. The summed E-state index contributed by atoms with van der Waals surface area (Å²) in [5.74, 6) is -1.18. The van der Waals surface area contributed by atoms with E-state index < -0.39 is 11.6 Å². The quantitative estimate of drug-likeness (QED) is 0.584. The molecular formula is C19H15F2N5O. The van der Waals surface area contributed by atoms with Crippen molar-refractivity contribution >= 4 is 0 Å². The van der Waals surface area contributed by atoms with Crippen LogP contribution in [0, 0.1) is 11.6 Å². The third kappa shape index (κ3) is 3.05. The van der Waals surface area contributed by atoms with Crippen LogP contribution in [-0.2, 0) is 6.54 Å². The molecule has 0 saturated heterocycles. The van der Waals surface area contributed by atoms with Gasteiger partial charge in [0.05, 0.1) is 36.9 Å². The molecule has 4 rings (SSSR count). The lowest BCUT2D eigenvalue weighted by Gasteiger charge is -2.14. The van der Waals surface area contributed by atoms with Gasteiger partial charge in [0.2, 0.25) is 0 Å². The molecule has 4 aromatic rings. The number of aromatic amines is 1. The van der Waals surface area contributed by atoms with Crippen LogP contribution in [0.15, 0.2) is 55.1 Å². The topological polar surface area (TPSA) is 68.6 Å². The minimum Gasteiger partial charge on any atom is -0.496 e. The molecular weight excluding hydrogens is 352 g/mol. The van der Waals surface area contributed by atoms with Gasteiger partial charge in [-0.2, -0.15) is 5.10 Å². The van der Waals surface area contributed by atoms with Crippen molar-refractivity contribution in [2.75, 3.05) is 7.11 Å². The smallest absolute Gasteiger partial charge is 0.171 e. The van der Waals surface area contributed by atoms with Crippen LogP contribution < -0.4 is 4.74 Å². The predicted octanol–water partition coefficient (Wildman–Crippen LogP) is 3.67. The molecule has 6 nitrogen and oxygen atoms in total. The van der Waals surface area contributed by atoms with E-state index in [0.29, 0.717) is 17.2 Å². The van der Waals surface area contributed by atoms with Crippen molar-refractivity contribution in [3.05, 3.63) is 72.6 Å². The second kappa shape index (κ2) is 6.99. The van der Waals surface area contributed by atoms with Gasteiger partial charge in [0, 0.05) is 5.56 Å². The Bertz CT molecular complexity index is 1060. The van der Waals surface area contributed by atoms with Crippen molar-refractivity contribution in [2.24, 2.45) is 0 Å². The number of hydrogen-bond donors (Lipinski definition) is 1. The van der Waals surface area contributed by atoms with Gasteiger partial charge in [-0.25, -0.2) is 18.7 Å². The molecule has 0 fully saturated rings. The number of halogens is 2. The first-order chi connectivity index (χ1) is 13.2. The summed E-state index contributed by atoms with van der Waals surface area (Å²) in [6.45, 7) is 0.258. The molecule has 0 atom stereocenters. The van der Waals surface area contributed by atoms with E-state index in [0.717, 1.165) is 11.6 Å². The minimum absolute atomic E-state index is 0.00775. The van der Waals surface area contributed by atoms with Crippen LogP contribution in [0.3, 0.4) is 0 Å². The number of H-pyrrole nitrogens is 1. The summed E-state index contributed by atoms with van der Waals surface area (Å²) in [7, 11) is 1.41. The SMILES string of the molecule is COc1ccc(F)c(F)c1-c1c(-c2ccccc2)ncn1Cc1ncn[nH]1. The highest BCUT2D eigenvalue weighted by Crippen LogP contribution is 2.39. The van der Waals surface area contributed by atoms with Gasteiger partial charge in [0.1, 0.15) is 17.9 Å². The fourth-order valence-corrected chi connectivity index (χ4v) is 2.96. The number of nitrogens with one attached hydrogen (secondary N) is 1. The van der Waals surface area contributed by atoms with Crippen LogP contribution in [0.5, 0.6) is 5.75 Å². The van der Waals surface area contributed by atoms with Crippen LogP contribution in [0.1, 0.15) is 5.82 Å². The van der Waals surface area contributed by atoms with Gasteiger partial charge in [-0.05, 0) is 12.1 Å². The van der Waals surface area contributed by atoms with Crippen LogP contribution in [0.25, 0.3) is 22.5 Å². The summed E-state index contributed by atoms with van der Waals surface area (Å²) in [6.07, 6.45) is 2.94. The maximum atomic E-state index is 14.8. The highest BCUT2D eigenvalue weighted by Gasteiger charge is 2.24. The molecule has 0 aliphatic heterocycles. The molecule has 27 heavy (non-hydrogen) atoms. The zero-order chi connectivity index (χ0) is 18.8. The first-order valence-electron chi connectivity index (χ1n) is 8.16. The molecule has 0 aliphatic carbocycles. The number of hydrogen-bond acceptors (Lipinski definition) is 4. The predicted molar refractivity (Wildman–Crippen MR) is 95.1 cm³/mol. The van der Waals surface area contributed by atoms with Gasteiger partial charge in [0.25, 0.3) is 0 Å². The second-order valence-corrected chi connectivity index (χ2v) is 5.81. The Morgan fingerprint density at radius 1 is 1.07 bits per heavy atom. The molecule has 0 amide bonds. The first-order valence-corrected chi connectivity index (χ1v) is 8.16. The Morgan fingerprint density at radius 2 is 1.89 bits per heavy atom. The van der Waals surface area contributed by atoms with E-state index in [-0.39, 0.29) is 17.9 Å². The Kier molecular flexibility index (Phi) is 4.37. The molecule has 0 bridgehead atoms. The first kappa shape index (κ1) is 16.9. The summed E-state index contributed by atoms with van der Waals surface area (Å²) in [6, 6.07) is 11.7. The number of rotatable bonds is 5. The van der Waals surface area contributed by atoms with E-state index >= 15 is 0 Å². The Hall–Kier alpha value is -3.55. The normalized spacial score (nSPS) is 10.9. The summed E-state index contributed by atoms with van der Waals surface area (Å²) >= 11 is 0. The van der Waals surface area contributed by atoms with Crippen molar-refractivity contribution in [1.29, 1.82) is 0 Å². The van der Waals surface area contributed by atoms with Crippen molar-refractivity contribution in [3.8, 4) is 28.3 Å². The zero-order valence-electron chi connectivity index (χ0n) is 14.4. The molecule has 2 heterocycles. The van der Waals surface area contributed by atoms with Crippen LogP contribution in [-0.4, -0.2) is 31.8 Å². The van der Waals surface area contributed by atoms with Gasteiger partial charge in [0.15, 0.2) is 11.6 Å².